The second-order valence-electron chi connectivity index (χ2n) is 11.5. The lowest BCUT2D eigenvalue weighted by molar-refractivity contribution is -0.156. The largest absolute Gasteiger partial charge is 0.497 e. The molecule has 6 N–H and O–H groups in total. The molecule has 0 radical (unpaired) electrons. The molecule has 0 bridgehead atoms. The molecule has 50 heavy (non-hydrogen) atoms. The molecule has 0 aliphatic rings. The molecule has 0 saturated carbocycles. The number of benzene rings is 3. The maximum atomic E-state index is 12.9. The van der Waals surface area contributed by atoms with Crippen molar-refractivity contribution in [1.82, 2.24) is 5.32 Å². The lowest BCUT2D eigenvalue weighted by Gasteiger charge is -2.21. The molecule has 0 aliphatic carbocycles. The van der Waals surface area contributed by atoms with Crippen LogP contribution in [0.15, 0.2) is 81.7 Å². The molecule has 12 nitrogen and oxygen atoms in total. The lowest BCUT2D eigenvalue weighted by atomic mass is 9.95. The van der Waals surface area contributed by atoms with Gasteiger partial charge in [0, 0.05) is 42.0 Å². The number of hydrogen-bond donors (Lipinski definition) is 5. The number of alkyl halides is 3. The summed E-state index contributed by atoms with van der Waals surface area (Å²) in [4.78, 5) is 24.6. The molecule has 0 atom stereocenters. The molecule has 0 unspecified atom stereocenters. The van der Waals surface area contributed by atoms with E-state index < -0.39 is 24.2 Å². The summed E-state index contributed by atoms with van der Waals surface area (Å²) in [6.45, 7) is 3.23. The zero-order chi connectivity index (χ0) is 36.6. The predicted octanol–water partition coefficient (Wildman–Crippen LogP) is 5.87. The summed E-state index contributed by atoms with van der Waals surface area (Å²) in [7, 11) is 1.61. The predicted molar refractivity (Wildman–Crippen MR) is 190 cm³/mol. The van der Waals surface area contributed by atoms with Gasteiger partial charge in [0.1, 0.15) is 11.5 Å². The van der Waals surface area contributed by atoms with Gasteiger partial charge in [0.15, 0.2) is 6.61 Å². The molecular formula is C34H41ClF3N7O5. The molecule has 270 valence electrons. The van der Waals surface area contributed by atoms with Gasteiger partial charge in [-0.1, -0.05) is 31.5 Å². The maximum absolute atomic E-state index is 12.9. The summed E-state index contributed by atoms with van der Waals surface area (Å²) in [6.07, 6.45) is -3.20. The van der Waals surface area contributed by atoms with Gasteiger partial charge in [-0.25, -0.2) is 4.99 Å². The van der Waals surface area contributed by atoms with E-state index in [1.54, 1.807) is 37.4 Å². The number of halogens is 4. The fourth-order valence-corrected chi connectivity index (χ4v) is 4.19. The highest BCUT2D eigenvalue weighted by Gasteiger charge is 2.29. The van der Waals surface area contributed by atoms with Gasteiger partial charge in [0.2, 0.25) is 5.96 Å². The van der Waals surface area contributed by atoms with E-state index in [2.05, 4.69) is 30.9 Å². The van der Waals surface area contributed by atoms with E-state index in [0.717, 1.165) is 17.8 Å². The van der Waals surface area contributed by atoms with Gasteiger partial charge in [0.25, 0.3) is 5.91 Å². The third kappa shape index (κ3) is 14.2. The van der Waals surface area contributed by atoms with Crippen LogP contribution in [0, 0.1) is 5.41 Å². The molecule has 0 fully saturated rings. The molecule has 0 saturated heterocycles. The van der Waals surface area contributed by atoms with Crippen molar-refractivity contribution in [2.75, 3.05) is 50.7 Å². The van der Waals surface area contributed by atoms with Gasteiger partial charge in [-0.15, -0.1) is 0 Å². The number of amides is 1. The average Bonchev–Trinajstić information content (AvgIpc) is 3.09. The molecular weight excluding hydrogens is 679 g/mol. The molecule has 1 amide bonds. The summed E-state index contributed by atoms with van der Waals surface area (Å²) in [5.41, 5.74) is 7.18. The normalized spacial score (nSPS) is 12.5. The van der Waals surface area contributed by atoms with Gasteiger partial charge in [-0.2, -0.15) is 23.2 Å². The number of ether oxygens (including phenoxy) is 3. The van der Waals surface area contributed by atoms with E-state index in [9.17, 15) is 23.1 Å². The number of nitrogens with one attached hydrogen (secondary N) is 3. The van der Waals surface area contributed by atoms with E-state index in [-0.39, 0.29) is 31.6 Å². The first-order valence-electron chi connectivity index (χ1n) is 15.4. The number of aliphatic hydroxyl groups is 1. The molecule has 3 rings (SSSR count). The number of nitrogens with two attached hydrogens (primary N) is 1. The number of carbonyl (C=O) groups is 1. The van der Waals surface area contributed by atoms with Crippen molar-refractivity contribution in [3.63, 3.8) is 0 Å². The minimum atomic E-state index is -4.65. The third-order valence-corrected chi connectivity index (χ3v) is 7.01. The van der Waals surface area contributed by atoms with Crippen LogP contribution in [-0.2, 0) is 11.3 Å². The second-order valence-corrected chi connectivity index (χ2v) is 12.0. The molecule has 3 aromatic carbocycles. The fraction of sp³-hybridized carbons (Fsp3) is 0.353. The van der Waals surface area contributed by atoms with Crippen molar-refractivity contribution in [1.29, 1.82) is 0 Å². The van der Waals surface area contributed by atoms with E-state index in [4.69, 9.17) is 31.5 Å². The van der Waals surface area contributed by atoms with Crippen LogP contribution >= 0.6 is 11.6 Å². The number of methoxy groups -OCH3 is 1. The standard InChI is InChI=1S/C34H41ClF3N7O5/c1-33(2,20-46)19-42-30(47)24-6-8-26(9-7-24)44-31(45-32(43-22-39)50-21-34(36,37)38)41-18-23-5-14-29(28(35)17-23)49-16-4-15-40-25-10-12-27(48-3)13-11-25/h5-14,17,22,40,46H,4,15-16,18-21H2,1-3H3,(H,42,47)(H3,39,41,43,44,45). The van der Waals surface area contributed by atoms with Crippen molar-refractivity contribution in [2.45, 2.75) is 33.0 Å². The summed E-state index contributed by atoms with van der Waals surface area (Å²) in [5, 5.41) is 18.7. The highest BCUT2D eigenvalue weighted by molar-refractivity contribution is 6.32. The molecule has 0 heterocycles. The van der Waals surface area contributed by atoms with Crippen LogP contribution in [0.3, 0.4) is 0 Å². The quantitative estimate of drug-likeness (QED) is 0.0740. The van der Waals surface area contributed by atoms with Crippen LogP contribution in [-0.4, -0.2) is 75.5 Å². The smallest absolute Gasteiger partial charge is 0.422 e. The Hall–Kier alpha value is -5.02. The van der Waals surface area contributed by atoms with E-state index >= 15 is 0 Å². The number of carbonyl (C=O) groups excluding carboxylic acids is 1. The number of hydrogen-bond acceptors (Lipinski definition) is 7. The molecule has 3 aromatic rings. The minimum absolute atomic E-state index is 0.0115. The number of amidine groups is 1. The van der Waals surface area contributed by atoms with Crippen LogP contribution in [0.5, 0.6) is 11.5 Å². The van der Waals surface area contributed by atoms with E-state index in [1.807, 2.05) is 38.1 Å². The number of anilines is 2. The second kappa shape index (κ2) is 19.2. The fourth-order valence-electron chi connectivity index (χ4n) is 3.94. The first kappa shape index (κ1) is 39.4. The van der Waals surface area contributed by atoms with Crippen molar-refractivity contribution < 1.29 is 37.3 Å². The van der Waals surface area contributed by atoms with Crippen molar-refractivity contribution in [2.24, 2.45) is 26.1 Å². The Morgan fingerprint density at radius 2 is 1.74 bits per heavy atom. The molecule has 0 aromatic heterocycles. The number of nitrogens with zero attached hydrogens (tertiary/aromatic N) is 3. The third-order valence-electron chi connectivity index (χ3n) is 6.72. The van der Waals surface area contributed by atoms with Gasteiger partial charge >= 0.3 is 12.2 Å². The topological polar surface area (TPSA) is 164 Å². The first-order chi connectivity index (χ1) is 23.8. The summed E-state index contributed by atoms with van der Waals surface area (Å²) < 4.78 is 54.3. The Morgan fingerprint density at radius 1 is 1.04 bits per heavy atom. The number of rotatable bonds is 15. The SMILES string of the molecule is COc1ccc(NCCCOc2ccc(CN=C(/N=C(\N=C\N)OCC(F)(F)F)Nc3ccc(C(=O)NCC(C)(C)CO)cc3)cc2Cl)cc1. The van der Waals surface area contributed by atoms with E-state index in [0.29, 0.717) is 47.2 Å². The van der Waals surface area contributed by atoms with Gasteiger partial charge in [0.05, 0.1) is 31.6 Å². The van der Waals surface area contributed by atoms with Crippen LogP contribution in [0.4, 0.5) is 24.5 Å². The number of aliphatic imine (C=N–C) groups is 3. The Bertz CT molecular complexity index is 1620. The van der Waals surface area contributed by atoms with Gasteiger partial charge in [-0.3, -0.25) is 4.79 Å². The zero-order valence-electron chi connectivity index (χ0n) is 27.9. The van der Waals surface area contributed by atoms with Crippen molar-refractivity contribution in [3.05, 3.63) is 82.9 Å². The van der Waals surface area contributed by atoms with E-state index in [1.165, 1.54) is 12.1 Å². The lowest BCUT2D eigenvalue weighted by Crippen LogP contribution is -2.36. The summed E-state index contributed by atoms with van der Waals surface area (Å²) in [6, 6.07) is 18.2. The van der Waals surface area contributed by atoms with Crippen molar-refractivity contribution in [3.8, 4) is 11.5 Å². The molecule has 16 heteroatoms. The highest BCUT2D eigenvalue weighted by atomic mass is 35.5. The van der Waals surface area contributed by atoms with Crippen LogP contribution < -0.4 is 31.2 Å². The zero-order valence-corrected chi connectivity index (χ0v) is 28.6. The van der Waals surface area contributed by atoms with Crippen LogP contribution in [0.25, 0.3) is 0 Å². The monoisotopic (exact) mass is 719 g/mol. The first-order valence-corrected chi connectivity index (χ1v) is 15.8. The minimum Gasteiger partial charge on any atom is -0.497 e. The summed E-state index contributed by atoms with van der Waals surface area (Å²) in [5.74, 6) is 0.746. The maximum Gasteiger partial charge on any atom is 0.422 e. The Kier molecular flexibility index (Phi) is 15.2. The number of guanidine groups is 1. The van der Waals surface area contributed by atoms with Crippen molar-refractivity contribution >= 4 is 47.2 Å². The average molecular weight is 720 g/mol. The highest BCUT2D eigenvalue weighted by Crippen LogP contribution is 2.26. The Labute approximate surface area is 293 Å². The van der Waals surface area contributed by atoms with Crippen LogP contribution in [0.1, 0.15) is 36.2 Å². The van der Waals surface area contributed by atoms with Gasteiger partial charge < -0.3 is 41.0 Å². The Morgan fingerprint density at radius 3 is 2.36 bits per heavy atom. The molecule has 0 aliphatic heterocycles. The number of aliphatic hydroxyl groups excluding tert-OH is 1. The molecule has 0 spiro atoms. The summed E-state index contributed by atoms with van der Waals surface area (Å²) >= 11 is 6.47. The Balaban J connectivity index is 1.69. The van der Waals surface area contributed by atoms with Crippen LogP contribution in [0.2, 0.25) is 5.02 Å². The van der Waals surface area contributed by atoms with Gasteiger partial charge in [-0.05, 0) is 72.6 Å².